The Morgan fingerprint density at radius 1 is 1.39 bits per heavy atom. The number of nitrogens with two attached hydrogens (primary N) is 1. The summed E-state index contributed by atoms with van der Waals surface area (Å²) < 4.78 is 0. The molecule has 1 heterocycles. The van der Waals surface area contributed by atoms with Crippen LogP contribution in [0.3, 0.4) is 0 Å². The lowest BCUT2D eigenvalue weighted by Crippen LogP contribution is -2.56. The Morgan fingerprint density at radius 2 is 2.11 bits per heavy atom. The van der Waals surface area contributed by atoms with Crippen LogP contribution in [0.1, 0.15) is 6.42 Å². The Kier molecular flexibility index (Phi) is 4.22. The number of halogens is 1. The predicted molar refractivity (Wildman–Crippen MR) is 73.9 cm³/mol. The van der Waals surface area contributed by atoms with Crippen LogP contribution in [0.15, 0.2) is 24.3 Å². The first-order valence-corrected chi connectivity index (χ1v) is 6.49. The number of piperazine rings is 1. The van der Waals surface area contributed by atoms with Crippen LogP contribution < -0.4 is 10.6 Å². The van der Waals surface area contributed by atoms with E-state index in [-0.39, 0.29) is 11.9 Å². The van der Waals surface area contributed by atoms with Crippen LogP contribution in [0.25, 0.3) is 0 Å². The van der Waals surface area contributed by atoms with E-state index in [0.717, 1.165) is 12.2 Å². The van der Waals surface area contributed by atoms with E-state index in [4.69, 9.17) is 17.3 Å². The molecule has 1 fully saturated rings. The highest BCUT2D eigenvalue weighted by molar-refractivity contribution is 6.33. The molecule has 0 bridgehead atoms. The monoisotopic (exact) mass is 267 g/mol. The second kappa shape index (κ2) is 5.69. The molecule has 1 aromatic rings. The van der Waals surface area contributed by atoms with Crippen molar-refractivity contribution in [2.45, 2.75) is 12.5 Å². The number of rotatable bonds is 3. The first-order chi connectivity index (χ1) is 8.65. The second-order valence-corrected chi connectivity index (χ2v) is 4.92. The van der Waals surface area contributed by atoms with Gasteiger partial charge in [0.1, 0.15) is 0 Å². The molecule has 1 amide bonds. The Bertz CT molecular complexity index is 438. The fourth-order valence-corrected chi connectivity index (χ4v) is 2.54. The van der Waals surface area contributed by atoms with Crippen molar-refractivity contribution in [3.05, 3.63) is 29.3 Å². The van der Waals surface area contributed by atoms with E-state index in [1.54, 1.807) is 11.0 Å². The van der Waals surface area contributed by atoms with Gasteiger partial charge in [-0.1, -0.05) is 23.7 Å². The summed E-state index contributed by atoms with van der Waals surface area (Å²) in [5.74, 6) is 0.0855. The van der Waals surface area contributed by atoms with Crippen LogP contribution in [-0.2, 0) is 4.79 Å². The average molecular weight is 268 g/mol. The highest BCUT2D eigenvalue weighted by Crippen LogP contribution is 2.28. The van der Waals surface area contributed by atoms with Gasteiger partial charge in [-0.3, -0.25) is 9.69 Å². The molecule has 2 rings (SSSR count). The third-order valence-electron chi connectivity index (χ3n) is 3.34. The van der Waals surface area contributed by atoms with Gasteiger partial charge in [0.25, 0.3) is 0 Å². The molecule has 1 aliphatic heterocycles. The molecular weight excluding hydrogens is 250 g/mol. The zero-order chi connectivity index (χ0) is 13.1. The Morgan fingerprint density at radius 3 is 2.78 bits per heavy atom. The van der Waals surface area contributed by atoms with Gasteiger partial charge < -0.3 is 10.6 Å². The number of carbonyl (C=O) groups is 1. The van der Waals surface area contributed by atoms with Gasteiger partial charge in [-0.25, -0.2) is 0 Å². The molecule has 1 atom stereocenters. The third kappa shape index (κ3) is 2.51. The van der Waals surface area contributed by atoms with Gasteiger partial charge in [-0.15, -0.1) is 0 Å². The Hall–Kier alpha value is -1.10. The van der Waals surface area contributed by atoms with E-state index in [1.807, 2.05) is 25.2 Å². The largest absolute Gasteiger partial charge is 0.330 e. The van der Waals surface area contributed by atoms with Crippen molar-refractivity contribution in [3.8, 4) is 0 Å². The van der Waals surface area contributed by atoms with Crippen molar-refractivity contribution < 1.29 is 4.79 Å². The number of amides is 1. The fourth-order valence-electron chi connectivity index (χ4n) is 2.30. The summed E-state index contributed by atoms with van der Waals surface area (Å²) in [5.41, 5.74) is 6.37. The number of benzene rings is 1. The molecule has 18 heavy (non-hydrogen) atoms. The molecule has 0 spiro atoms. The third-order valence-corrected chi connectivity index (χ3v) is 3.66. The van der Waals surface area contributed by atoms with Gasteiger partial charge in [-0.05, 0) is 32.1 Å². The van der Waals surface area contributed by atoms with Crippen LogP contribution in [0.4, 0.5) is 5.69 Å². The maximum absolute atomic E-state index is 12.4. The van der Waals surface area contributed by atoms with Crippen molar-refractivity contribution in [1.29, 1.82) is 0 Å². The van der Waals surface area contributed by atoms with Crippen LogP contribution >= 0.6 is 11.6 Å². The number of anilines is 1. The minimum atomic E-state index is -0.139. The average Bonchev–Trinajstić information content (AvgIpc) is 2.36. The highest BCUT2D eigenvalue weighted by Gasteiger charge is 2.33. The number of hydrogen-bond acceptors (Lipinski definition) is 3. The molecule has 0 radical (unpaired) electrons. The number of para-hydroxylation sites is 1. The summed E-state index contributed by atoms with van der Waals surface area (Å²) in [7, 11) is 1.96. The molecule has 0 aliphatic carbocycles. The van der Waals surface area contributed by atoms with Gasteiger partial charge in [0.2, 0.25) is 5.91 Å². The van der Waals surface area contributed by atoms with E-state index in [0.29, 0.717) is 24.5 Å². The summed E-state index contributed by atoms with van der Waals surface area (Å²) in [4.78, 5) is 16.3. The van der Waals surface area contributed by atoms with Crippen molar-refractivity contribution in [2.24, 2.45) is 5.73 Å². The molecule has 1 saturated heterocycles. The summed E-state index contributed by atoms with van der Waals surface area (Å²) in [6, 6.07) is 7.31. The molecule has 2 N–H and O–H groups in total. The van der Waals surface area contributed by atoms with Crippen molar-refractivity contribution in [2.75, 3.05) is 31.6 Å². The van der Waals surface area contributed by atoms with E-state index < -0.39 is 0 Å². The van der Waals surface area contributed by atoms with Crippen molar-refractivity contribution in [1.82, 2.24) is 4.90 Å². The van der Waals surface area contributed by atoms with Crippen LogP contribution in [-0.4, -0.2) is 43.5 Å². The van der Waals surface area contributed by atoms with Gasteiger partial charge in [0.15, 0.2) is 0 Å². The number of hydrogen-bond donors (Lipinski definition) is 1. The quantitative estimate of drug-likeness (QED) is 0.899. The molecule has 0 aromatic heterocycles. The summed E-state index contributed by atoms with van der Waals surface area (Å²) >= 11 is 6.15. The summed E-state index contributed by atoms with van der Waals surface area (Å²) in [6.45, 7) is 2.01. The molecule has 1 aromatic carbocycles. The number of likely N-dealkylation sites (N-methyl/N-ethyl adjacent to an activating group) is 1. The van der Waals surface area contributed by atoms with Gasteiger partial charge in [0.05, 0.1) is 16.8 Å². The zero-order valence-electron chi connectivity index (χ0n) is 10.5. The van der Waals surface area contributed by atoms with Crippen molar-refractivity contribution in [3.63, 3.8) is 0 Å². The maximum atomic E-state index is 12.4. The first kappa shape index (κ1) is 13.3. The van der Waals surface area contributed by atoms with E-state index in [1.165, 1.54) is 0 Å². The number of nitrogens with zero attached hydrogens (tertiary/aromatic N) is 2. The molecular formula is C13H18ClN3O. The lowest BCUT2D eigenvalue weighted by molar-refractivity contribution is -0.125. The molecule has 1 unspecified atom stereocenters. The fraction of sp³-hybridized carbons (Fsp3) is 0.462. The van der Waals surface area contributed by atoms with Crippen LogP contribution in [0.5, 0.6) is 0 Å². The van der Waals surface area contributed by atoms with Crippen LogP contribution in [0, 0.1) is 0 Å². The molecule has 0 saturated carbocycles. The molecule has 4 nitrogen and oxygen atoms in total. The number of carbonyl (C=O) groups excluding carboxylic acids is 1. The molecule has 98 valence electrons. The lowest BCUT2D eigenvalue weighted by Gasteiger charge is -2.38. The standard InChI is InChI=1S/C13H18ClN3O/c1-16-8-9-17(13(18)12(16)6-7-15)11-5-3-2-4-10(11)14/h2-5,12H,6-9,15H2,1H3. The summed E-state index contributed by atoms with van der Waals surface area (Å²) in [5, 5.41) is 0.613. The van der Waals surface area contributed by atoms with Crippen LogP contribution in [0.2, 0.25) is 5.02 Å². The highest BCUT2D eigenvalue weighted by atomic mass is 35.5. The van der Waals surface area contributed by atoms with Crippen molar-refractivity contribution >= 4 is 23.2 Å². The van der Waals surface area contributed by atoms with Gasteiger partial charge >= 0.3 is 0 Å². The summed E-state index contributed by atoms with van der Waals surface area (Å²) in [6.07, 6.45) is 0.677. The normalized spacial score (nSPS) is 21.4. The van der Waals surface area contributed by atoms with E-state index in [9.17, 15) is 4.79 Å². The Balaban J connectivity index is 2.25. The molecule has 5 heteroatoms. The molecule has 1 aliphatic rings. The Labute approximate surface area is 112 Å². The second-order valence-electron chi connectivity index (χ2n) is 4.52. The SMILES string of the molecule is CN1CCN(c2ccccc2Cl)C(=O)C1CCN. The lowest BCUT2D eigenvalue weighted by atomic mass is 10.1. The van der Waals surface area contributed by atoms with Gasteiger partial charge in [-0.2, -0.15) is 0 Å². The first-order valence-electron chi connectivity index (χ1n) is 6.11. The smallest absolute Gasteiger partial charge is 0.244 e. The minimum Gasteiger partial charge on any atom is -0.330 e. The minimum absolute atomic E-state index is 0.0855. The maximum Gasteiger partial charge on any atom is 0.244 e. The van der Waals surface area contributed by atoms with E-state index >= 15 is 0 Å². The van der Waals surface area contributed by atoms with E-state index in [2.05, 4.69) is 4.90 Å². The van der Waals surface area contributed by atoms with Gasteiger partial charge in [0, 0.05) is 13.1 Å². The predicted octanol–water partition coefficient (Wildman–Crippen LogP) is 1.34. The zero-order valence-corrected chi connectivity index (χ0v) is 11.2. The topological polar surface area (TPSA) is 49.6 Å².